The van der Waals surface area contributed by atoms with E-state index in [1.807, 2.05) is 6.07 Å². The number of fused-ring (bicyclic) bond motifs is 1. The zero-order valence-electron chi connectivity index (χ0n) is 17.7. The largest absolute Gasteiger partial charge is 0.382 e. The topological polar surface area (TPSA) is 149 Å². The summed E-state index contributed by atoms with van der Waals surface area (Å²) in [5, 5.41) is 12.1. The molecule has 12 heteroatoms. The Kier molecular flexibility index (Phi) is 5.77. The van der Waals surface area contributed by atoms with Crippen molar-refractivity contribution < 1.29 is 13.2 Å². The molecule has 2 heterocycles. The van der Waals surface area contributed by atoms with E-state index in [2.05, 4.69) is 20.3 Å². The Hall–Kier alpha value is -4.66. The molecule has 0 radical (unpaired) electrons. The summed E-state index contributed by atoms with van der Waals surface area (Å²) in [6, 6.07) is 7.09. The highest BCUT2D eigenvalue weighted by Gasteiger charge is 2.18. The number of aryl methyl sites for hydroxylation is 1. The molecule has 0 aliphatic heterocycles. The first-order valence-electron chi connectivity index (χ1n) is 9.93. The monoisotopic (exact) mass is 466 g/mol. The van der Waals surface area contributed by atoms with Crippen molar-refractivity contribution in [3.63, 3.8) is 0 Å². The molecule has 34 heavy (non-hydrogen) atoms. The number of nitrogens with zero attached hydrogens (tertiary/aromatic N) is 5. The fourth-order valence-electron chi connectivity index (χ4n) is 3.58. The van der Waals surface area contributed by atoms with Gasteiger partial charge in [0.15, 0.2) is 5.82 Å². The van der Waals surface area contributed by atoms with Crippen LogP contribution in [0.2, 0.25) is 0 Å². The molecule has 4 aromatic rings. The van der Waals surface area contributed by atoms with E-state index < -0.39 is 23.0 Å². The quantitative estimate of drug-likeness (QED) is 0.406. The highest BCUT2D eigenvalue weighted by Crippen LogP contribution is 2.21. The van der Waals surface area contributed by atoms with Crippen molar-refractivity contribution in [1.29, 1.82) is 5.26 Å². The molecule has 0 fully saturated rings. The van der Waals surface area contributed by atoms with Gasteiger partial charge in [-0.2, -0.15) is 15.2 Å². The number of nitrogens with two attached hydrogens (primary N) is 2. The molecule has 5 N–H and O–H groups in total. The number of rotatable bonds is 5. The van der Waals surface area contributed by atoms with Crippen LogP contribution >= 0.6 is 0 Å². The van der Waals surface area contributed by atoms with Gasteiger partial charge in [-0.1, -0.05) is 6.07 Å². The third-order valence-corrected chi connectivity index (χ3v) is 5.07. The number of anilines is 3. The second kappa shape index (κ2) is 8.70. The van der Waals surface area contributed by atoms with Gasteiger partial charge in [-0.05, 0) is 30.7 Å². The van der Waals surface area contributed by atoms with Crippen LogP contribution < -0.4 is 22.3 Å². The number of nitrogen functional groups attached to an aromatic ring is 2. The molecule has 0 amide bonds. The number of aromatic nitrogens is 4. The van der Waals surface area contributed by atoms with E-state index in [-0.39, 0.29) is 58.5 Å². The lowest BCUT2D eigenvalue weighted by molar-refractivity contribution is 0.580. The van der Waals surface area contributed by atoms with Gasteiger partial charge in [0, 0.05) is 19.0 Å². The first-order chi connectivity index (χ1) is 16.2. The van der Waals surface area contributed by atoms with Gasteiger partial charge in [0.1, 0.15) is 46.2 Å². The van der Waals surface area contributed by atoms with E-state index in [1.165, 1.54) is 12.1 Å². The summed E-state index contributed by atoms with van der Waals surface area (Å²) in [5.41, 5.74) is 10.7. The number of hydrogen-bond donors (Lipinski definition) is 3. The van der Waals surface area contributed by atoms with Crippen molar-refractivity contribution in [2.75, 3.05) is 23.3 Å². The number of nitrogens with one attached hydrogen (secondary N) is 1. The minimum atomic E-state index is -0.896. The zero-order valence-corrected chi connectivity index (χ0v) is 17.7. The first-order valence-corrected chi connectivity index (χ1v) is 9.93. The normalized spacial score (nSPS) is 10.9. The lowest BCUT2D eigenvalue weighted by Gasteiger charge is -2.16. The van der Waals surface area contributed by atoms with Gasteiger partial charge >= 0.3 is 0 Å². The molecule has 2 aromatic heterocycles. The molecule has 0 aliphatic rings. The third kappa shape index (κ3) is 4.06. The lowest BCUT2D eigenvalue weighted by Crippen LogP contribution is -2.26. The minimum Gasteiger partial charge on any atom is -0.382 e. The fraction of sp³-hybridized carbons (Fsp3) is 0.136. The van der Waals surface area contributed by atoms with Crippen molar-refractivity contribution in [2.24, 2.45) is 0 Å². The van der Waals surface area contributed by atoms with Gasteiger partial charge in [0.2, 0.25) is 5.95 Å². The molecule has 4 rings (SSSR count). The predicted octanol–water partition coefficient (Wildman–Crippen LogP) is 2.59. The maximum atomic E-state index is 14.5. The van der Waals surface area contributed by atoms with Crippen LogP contribution in [0.1, 0.15) is 17.0 Å². The van der Waals surface area contributed by atoms with Gasteiger partial charge in [0.05, 0.1) is 11.1 Å². The van der Waals surface area contributed by atoms with Crippen molar-refractivity contribution >= 4 is 28.5 Å². The van der Waals surface area contributed by atoms with E-state index in [0.29, 0.717) is 11.6 Å². The van der Waals surface area contributed by atoms with Crippen LogP contribution in [0.5, 0.6) is 0 Å². The molecule has 9 nitrogen and oxygen atoms in total. The van der Waals surface area contributed by atoms with Gasteiger partial charge in [-0.25, -0.2) is 18.2 Å². The Balaban J connectivity index is 1.83. The molecule has 0 saturated heterocycles. The highest BCUT2D eigenvalue weighted by atomic mass is 19.1. The Morgan fingerprint density at radius 1 is 1.09 bits per heavy atom. The van der Waals surface area contributed by atoms with Crippen LogP contribution in [-0.4, -0.2) is 26.1 Å². The number of hydrogen-bond acceptors (Lipinski definition) is 8. The summed E-state index contributed by atoms with van der Waals surface area (Å²) in [7, 11) is 0. The summed E-state index contributed by atoms with van der Waals surface area (Å²) < 4.78 is 43.5. The van der Waals surface area contributed by atoms with Gasteiger partial charge in [0.25, 0.3) is 5.56 Å². The molecule has 0 atom stereocenters. The zero-order chi connectivity index (χ0) is 24.6. The van der Waals surface area contributed by atoms with Gasteiger partial charge in [-0.3, -0.25) is 9.36 Å². The lowest BCUT2D eigenvalue weighted by atomic mass is 10.1. The van der Waals surface area contributed by atoms with E-state index in [4.69, 9.17) is 11.5 Å². The molecular formula is C22H17F3N8O. The van der Waals surface area contributed by atoms with E-state index in [0.717, 1.165) is 16.7 Å². The molecule has 0 spiro atoms. The van der Waals surface area contributed by atoms with Crippen LogP contribution in [0.25, 0.3) is 16.6 Å². The molecule has 0 unspecified atom stereocenters. The Labute approximate surface area is 190 Å². The Morgan fingerprint density at radius 3 is 2.47 bits per heavy atom. The van der Waals surface area contributed by atoms with Crippen LogP contribution in [0.3, 0.4) is 0 Å². The van der Waals surface area contributed by atoms with Gasteiger partial charge < -0.3 is 16.8 Å². The van der Waals surface area contributed by atoms with Crippen LogP contribution in [0.15, 0.2) is 35.1 Å². The summed E-state index contributed by atoms with van der Waals surface area (Å²) >= 11 is 0. The third-order valence-electron chi connectivity index (χ3n) is 5.07. The van der Waals surface area contributed by atoms with Crippen LogP contribution in [-0.2, 0) is 6.42 Å². The second-order valence-corrected chi connectivity index (χ2v) is 7.36. The fourth-order valence-corrected chi connectivity index (χ4v) is 3.58. The smallest absolute Gasteiger partial charge is 0.266 e. The second-order valence-electron chi connectivity index (χ2n) is 7.36. The molecular weight excluding hydrogens is 449 g/mol. The summed E-state index contributed by atoms with van der Waals surface area (Å²) in [4.78, 5) is 25.3. The predicted molar refractivity (Wildman–Crippen MR) is 120 cm³/mol. The minimum absolute atomic E-state index is 0.00973. The summed E-state index contributed by atoms with van der Waals surface area (Å²) in [6.07, 6.45) is -0.0224. The summed E-state index contributed by atoms with van der Waals surface area (Å²) in [6.45, 7) is 1.64. The van der Waals surface area contributed by atoms with Crippen molar-refractivity contribution in [3.8, 4) is 11.8 Å². The van der Waals surface area contributed by atoms with Gasteiger partial charge in [-0.15, -0.1) is 0 Å². The molecule has 0 saturated carbocycles. The highest BCUT2D eigenvalue weighted by molar-refractivity contribution is 5.82. The van der Waals surface area contributed by atoms with E-state index in [9.17, 15) is 23.2 Å². The Bertz CT molecular complexity index is 1520. The molecule has 172 valence electrons. The molecule has 2 aromatic carbocycles. The average Bonchev–Trinajstić information content (AvgIpc) is 2.75. The molecule has 0 aliphatic carbocycles. The van der Waals surface area contributed by atoms with Crippen LogP contribution in [0.4, 0.5) is 30.8 Å². The van der Waals surface area contributed by atoms with Crippen molar-refractivity contribution in [2.45, 2.75) is 13.3 Å². The number of halogens is 3. The Morgan fingerprint density at radius 2 is 1.79 bits per heavy atom. The first kappa shape index (κ1) is 22.5. The average molecular weight is 466 g/mol. The van der Waals surface area contributed by atoms with E-state index in [1.54, 1.807) is 6.92 Å². The van der Waals surface area contributed by atoms with E-state index >= 15 is 0 Å². The molecule has 0 bridgehead atoms. The standard InChI is InChI=1S/C22H17F3N8O/c1-10-2-3-15(25)18-17(10)21(34)33(13-7-11(23)6-12(24)8-13)16(30-18)4-5-29-20-14(9-26)19(27)31-22(28)32-20/h2-3,6-8H,4-5H2,1H3,(H5,27,28,29,31,32). The van der Waals surface area contributed by atoms with Crippen molar-refractivity contribution in [3.05, 3.63) is 75.1 Å². The SMILES string of the molecule is Cc1ccc(F)c2nc(CCNc3nc(N)nc(N)c3C#N)n(-c3cc(F)cc(F)c3)c(=O)c12. The maximum absolute atomic E-state index is 14.5. The number of nitriles is 1. The summed E-state index contributed by atoms with van der Waals surface area (Å²) in [5.74, 6) is -2.71. The maximum Gasteiger partial charge on any atom is 0.266 e. The van der Waals surface area contributed by atoms with Crippen molar-refractivity contribution in [1.82, 2.24) is 19.5 Å². The van der Waals surface area contributed by atoms with Crippen LogP contribution in [0, 0.1) is 35.7 Å². The number of benzene rings is 2.